The van der Waals surface area contributed by atoms with Crippen LogP contribution in [0.15, 0.2) is 24.3 Å². The summed E-state index contributed by atoms with van der Waals surface area (Å²) in [5.41, 5.74) is 0.950. The van der Waals surface area contributed by atoms with E-state index in [1.54, 1.807) is 0 Å². The molecule has 0 aromatic heterocycles. The second kappa shape index (κ2) is 6.89. The van der Waals surface area contributed by atoms with Gasteiger partial charge in [-0.2, -0.15) is 0 Å². The van der Waals surface area contributed by atoms with Gasteiger partial charge in [0.05, 0.1) is 6.54 Å². The molecule has 1 heterocycles. The predicted octanol–water partition coefficient (Wildman–Crippen LogP) is 1.25. The van der Waals surface area contributed by atoms with Crippen molar-refractivity contribution in [2.75, 3.05) is 26.2 Å². The molecule has 1 aromatic rings. The number of piperazine rings is 1. The van der Waals surface area contributed by atoms with Crippen LogP contribution in [0.25, 0.3) is 0 Å². The second-order valence-corrected chi connectivity index (χ2v) is 5.37. The Morgan fingerprint density at radius 2 is 2.32 bits per heavy atom. The lowest BCUT2D eigenvalue weighted by atomic mass is 10.2. The maximum absolute atomic E-state index is 11.9. The minimum absolute atomic E-state index is 0.0500. The molecule has 5 heteroatoms. The average Bonchev–Trinajstić information content (AvgIpc) is 2.38. The van der Waals surface area contributed by atoms with Gasteiger partial charge in [-0.1, -0.05) is 29.8 Å². The van der Waals surface area contributed by atoms with Crippen molar-refractivity contribution in [2.24, 2.45) is 0 Å². The summed E-state index contributed by atoms with van der Waals surface area (Å²) in [6, 6.07) is 8.02. The number of benzene rings is 1. The molecule has 0 saturated carbocycles. The van der Waals surface area contributed by atoms with Crippen LogP contribution in [0.5, 0.6) is 0 Å². The lowest BCUT2D eigenvalue weighted by Crippen LogP contribution is -2.51. The normalized spacial score (nSPS) is 20.2. The van der Waals surface area contributed by atoms with E-state index < -0.39 is 0 Å². The molecule has 0 radical (unpaired) electrons. The fourth-order valence-corrected chi connectivity index (χ4v) is 2.45. The van der Waals surface area contributed by atoms with Gasteiger partial charge in [-0.3, -0.25) is 9.69 Å². The van der Waals surface area contributed by atoms with E-state index in [-0.39, 0.29) is 5.91 Å². The van der Waals surface area contributed by atoms with Gasteiger partial charge in [0.15, 0.2) is 0 Å². The third-order valence-corrected chi connectivity index (χ3v) is 3.62. The number of nitrogens with one attached hydrogen (secondary N) is 2. The second-order valence-electron chi connectivity index (χ2n) is 4.96. The summed E-state index contributed by atoms with van der Waals surface area (Å²) in [5, 5.41) is 6.97. The standard InChI is InChI=1S/C14H20ClN3O/c1-11-9-18(7-6-16-11)10-14(19)17-8-12-4-2-3-5-13(12)15/h2-5,11,16H,6-10H2,1H3,(H,17,19)/t11-/m0/s1. The summed E-state index contributed by atoms with van der Waals surface area (Å²) in [4.78, 5) is 14.1. The molecule has 1 aliphatic heterocycles. The van der Waals surface area contributed by atoms with Gasteiger partial charge in [0.1, 0.15) is 0 Å². The third-order valence-electron chi connectivity index (χ3n) is 3.25. The van der Waals surface area contributed by atoms with E-state index in [1.165, 1.54) is 0 Å². The molecule has 0 aliphatic carbocycles. The van der Waals surface area contributed by atoms with E-state index in [9.17, 15) is 4.79 Å². The molecule has 104 valence electrons. The Kier molecular flexibility index (Phi) is 5.19. The molecule has 2 rings (SSSR count). The molecule has 4 nitrogen and oxygen atoms in total. The predicted molar refractivity (Wildman–Crippen MR) is 77.2 cm³/mol. The van der Waals surface area contributed by atoms with Gasteiger partial charge < -0.3 is 10.6 Å². The molecule has 0 unspecified atom stereocenters. The monoisotopic (exact) mass is 281 g/mol. The van der Waals surface area contributed by atoms with Crippen LogP contribution in [-0.4, -0.2) is 43.0 Å². The van der Waals surface area contributed by atoms with E-state index in [0.29, 0.717) is 24.2 Å². The van der Waals surface area contributed by atoms with Gasteiger partial charge in [-0.15, -0.1) is 0 Å². The van der Waals surface area contributed by atoms with Crippen LogP contribution in [0, 0.1) is 0 Å². The molecular formula is C14H20ClN3O. The van der Waals surface area contributed by atoms with Gasteiger partial charge in [-0.05, 0) is 18.6 Å². The van der Waals surface area contributed by atoms with Gasteiger partial charge in [0, 0.05) is 37.2 Å². The van der Waals surface area contributed by atoms with Crippen LogP contribution in [0.4, 0.5) is 0 Å². The van der Waals surface area contributed by atoms with Crippen molar-refractivity contribution in [3.8, 4) is 0 Å². The summed E-state index contributed by atoms with van der Waals surface area (Å²) in [6.07, 6.45) is 0. The zero-order chi connectivity index (χ0) is 13.7. The Morgan fingerprint density at radius 3 is 3.05 bits per heavy atom. The van der Waals surface area contributed by atoms with E-state index in [0.717, 1.165) is 25.2 Å². The van der Waals surface area contributed by atoms with Crippen molar-refractivity contribution in [2.45, 2.75) is 19.5 Å². The van der Waals surface area contributed by atoms with Gasteiger partial charge in [0.2, 0.25) is 5.91 Å². The molecular weight excluding hydrogens is 262 g/mol. The smallest absolute Gasteiger partial charge is 0.234 e. The molecule has 1 saturated heterocycles. The quantitative estimate of drug-likeness (QED) is 0.873. The summed E-state index contributed by atoms with van der Waals surface area (Å²) in [5.74, 6) is 0.0500. The number of carbonyl (C=O) groups is 1. The zero-order valence-electron chi connectivity index (χ0n) is 11.2. The molecule has 1 fully saturated rings. The first-order chi connectivity index (χ1) is 9.15. The molecule has 1 aliphatic rings. The van der Waals surface area contributed by atoms with Crippen LogP contribution in [0.1, 0.15) is 12.5 Å². The minimum Gasteiger partial charge on any atom is -0.351 e. The van der Waals surface area contributed by atoms with Crippen molar-refractivity contribution < 1.29 is 4.79 Å². The van der Waals surface area contributed by atoms with Crippen molar-refractivity contribution in [1.29, 1.82) is 0 Å². The largest absolute Gasteiger partial charge is 0.351 e. The zero-order valence-corrected chi connectivity index (χ0v) is 11.9. The van der Waals surface area contributed by atoms with Crippen molar-refractivity contribution in [3.05, 3.63) is 34.9 Å². The number of hydrogen-bond acceptors (Lipinski definition) is 3. The maximum atomic E-state index is 11.9. The Labute approximate surface area is 119 Å². The highest BCUT2D eigenvalue weighted by atomic mass is 35.5. The number of amides is 1. The van der Waals surface area contributed by atoms with E-state index in [4.69, 9.17) is 11.6 Å². The number of carbonyl (C=O) groups excluding carboxylic acids is 1. The number of hydrogen-bond donors (Lipinski definition) is 2. The lowest BCUT2D eigenvalue weighted by molar-refractivity contribution is -0.122. The Balaban J connectivity index is 1.77. The van der Waals surface area contributed by atoms with Crippen LogP contribution in [-0.2, 0) is 11.3 Å². The van der Waals surface area contributed by atoms with E-state index in [1.807, 2.05) is 24.3 Å². The highest BCUT2D eigenvalue weighted by Crippen LogP contribution is 2.14. The fraction of sp³-hybridized carbons (Fsp3) is 0.500. The summed E-state index contributed by atoms with van der Waals surface area (Å²) >= 11 is 6.05. The van der Waals surface area contributed by atoms with Crippen LogP contribution >= 0.6 is 11.6 Å². The lowest BCUT2D eigenvalue weighted by Gasteiger charge is -2.31. The Morgan fingerprint density at radius 1 is 1.53 bits per heavy atom. The number of nitrogens with zero attached hydrogens (tertiary/aromatic N) is 1. The highest BCUT2D eigenvalue weighted by molar-refractivity contribution is 6.31. The highest BCUT2D eigenvalue weighted by Gasteiger charge is 2.17. The van der Waals surface area contributed by atoms with Crippen molar-refractivity contribution >= 4 is 17.5 Å². The summed E-state index contributed by atoms with van der Waals surface area (Å²) < 4.78 is 0. The fourth-order valence-electron chi connectivity index (χ4n) is 2.25. The SMILES string of the molecule is C[C@H]1CN(CC(=O)NCc2ccccc2Cl)CCN1. The maximum Gasteiger partial charge on any atom is 0.234 e. The first kappa shape index (κ1) is 14.3. The van der Waals surface area contributed by atoms with Gasteiger partial charge >= 0.3 is 0 Å². The van der Waals surface area contributed by atoms with Crippen molar-refractivity contribution in [1.82, 2.24) is 15.5 Å². The summed E-state index contributed by atoms with van der Waals surface area (Å²) in [7, 11) is 0. The number of rotatable bonds is 4. The minimum atomic E-state index is 0.0500. The van der Waals surface area contributed by atoms with Gasteiger partial charge in [0.25, 0.3) is 0 Å². The molecule has 2 N–H and O–H groups in total. The topological polar surface area (TPSA) is 44.4 Å². The third kappa shape index (κ3) is 4.49. The molecule has 0 spiro atoms. The van der Waals surface area contributed by atoms with Crippen molar-refractivity contribution in [3.63, 3.8) is 0 Å². The van der Waals surface area contributed by atoms with Gasteiger partial charge in [-0.25, -0.2) is 0 Å². The molecule has 19 heavy (non-hydrogen) atoms. The molecule has 0 bridgehead atoms. The molecule has 1 atom stereocenters. The first-order valence-corrected chi connectivity index (χ1v) is 6.99. The Hall–Kier alpha value is -1.10. The van der Waals surface area contributed by atoms with Crippen LogP contribution in [0.2, 0.25) is 5.02 Å². The van der Waals surface area contributed by atoms with E-state index >= 15 is 0 Å². The average molecular weight is 282 g/mol. The molecule has 1 amide bonds. The number of halogens is 1. The summed E-state index contributed by atoms with van der Waals surface area (Å²) in [6.45, 7) is 5.85. The van der Waals surface area contributed by atoms with Crippen LogP contribution in [0.3, 0.4) is 0 Å². The Bertz CT molecular complexity index is 438. The van der Waals surface area contributed by atoms with Crippen LogP contribution < -0.4 is 10.6 Å². The first-order valence-electron chi connectivity index (χ1n) is 6.61. The molecule has 1 aromatic carbocycles. The van der Waals surface area contributed by atoms with E-state index in [2.05, 4.69) is 22.5 Å².